The van der Waals surface area contributed by atoms with Crippen molar-refractivity contribution in [3.63, 3.8) is 0 Å². The van der Waals surface area contributed by atoms with Gasteiger partial charge >= 0.3 is 0 Å². The number of rotatable bonds is 17. The lowest BCUT2D eigenvalue weighted by atomic mass is 10.0. The Morgan fingerprint density at radius 3 is 2.12 bits per heavy atom. The second-order valence-corrected chi connectivity index (χ2v) is 14.9. The number of hydrogen-bond donors (Lipinski definition) is 5. The average Bonchev–Trinajstić information content (AvgIpc) is 4.09. The maximum absolute atomic E-state index is 13.5. The molecule has 5 aromatic carbocycles. The molecule has 7 rings (SSSR count). The average molecular weight is 781 g/mol. The van der Waals surface area contributed by atoms with Crippen LogP contribution in [0.1, 0.15) is 80.7 Å². The van der Waals surface area contributed by atoms with E-state index in [0.717, 1.165) is 60.4 Å². The highest BCUT2D eigenvalue weighted by molar-refractivity contribution is 6.04. The Morgan fingerprint density at radius 2 is 1.38 bits per heavy atom. The maximum Gasteiger partial charge on any atom is 0.262 e. The predicted octanol–water partition coefficient (Wildman–Crippen LogP) is 6.20. The minimum absolute atomic E-state index is 0.0843. The molecule has 2 aliphatic rings. The predicted molar refractivity (Wildman–Crippen MR) is 224 cm³/mol. The van der Waals surface area contributed by atoms with Gasteiger partial charge in [0.25, 0.3) is 23.6 Å². The highest BCUT2D eigenvalue weighted by Gasteiger charge is 2.33. The van der Waals surface area contributed by atoms with Gasteiger partial charge in [0.1, 0.15) is 5.75 Å². The summed E-state index contributed by atoms with van der Waals surface area (Å²) in [7, 11) is 0. The molecule has 58 heavy (non-hydrogen) atoms. The van der Waals surface area contributed by atoms with Gasteiger partial charge in [-0.3, -0.25) is 24.0 Å². The van der Waals surface area contributed by atoms with Crippen molar-refractivity contribution < 1.29 is 28.7 Å². The third kappa shape index (κ3) is 10.4. The minimum atomic E-state index is -0.604. The van der Waals surface area contributed by atoms with E-state index in [2.05, 4.69) is 45.5 Å². The first kappa shape index (κ1) is 39.7. The molecule has 1 aliphatic heterocycles. The molecular weight excluding hydrogens is 733 g/mol. The molecule has 0 aromatic heterocycles. The summed E-state index contributed by atoms with van der Waals surface area (Å²) < 4.78 is 5.50. The van der Waals surface area contributed by atoms with E-state index in [0.29, 0.717) is 59.9 Å². The zero-order chi connectivity index (χ0) is 40.4. The van der Waals surface area contributed by atoms with Gasteiger partial charge in [0.05, 0.1) is 11.7 Å². The number of unbranched alkanes of at least 4 members (excludes halogenated alkanes) is 3. The van der Waals surface area contributed by atoms with Crippen molar-refractivity contribution in [3.8, 4) is 5.75 Å². The lowest BCUT2D eigenvalue weighted by molar-refractivity contribution is -0.122. The highest BCUT2D eigenvalue weighted by Crippen LogP contribution is 2.33. The third-order valence-corrected chi connectivity index (χ3v) is 10.4. The standard InChI is InChI=1S/C46H48N6O6/c47-39(26-31-11-12-32-7-3-4-8-35(32)25-31)45(56)49-24-6-2-1-5-23-48-43(54)33-15-18-37(19-16-33)50-44(55)34-13-9-30(10-14-34)28-52(38-20-21-38)46(57)36-17-22-40-41(27-36)58-29-42(53)51-40/h3-4,7-19,22,25,27,38-39H,1-2,5-6,20-21,23-24,26,28-29,47H2,(H,48,54)(H,49,56)(H,50,55)(H,51,53)/t39-/m0/s1. The van der Waals surface area contributed by atoms with E-state index < -0.39 is 6.04 Å². The van der Waals surface area contributed by atoms with Crippen LogP contribution >= 0.6 is 0 Å². The number of benzene rings is 5. The number of nitrogens with zero attached hydrogens (tertiary/aromatic N) is 1. The van der Waals surface area contributed by atoms with Crippen LogP contribution in [-0.2, 0) is 22.6 Å². The van der Waals surface area contributed by atoms with Crippen LogP contribution in [-0.4, -0.2) is 66.2 Å². The second kappa shape index (κ2) is 18.6. The molecule has 1 atom stereocenters. The molecule has 0 bridgehead atoms. The quantitative estimate of drug-likeness (QED) is 0.0699. The fourth-order valence-corrected chi connectivity index (χ4v) is 6.96. The molecule has 12 heteroatoms. The number of carbonyl (C=O) groups excluding carboxylic acids is 5. The van der Waals surface area contributed by atoms with Crippen molar-refractivity contribution in [3.05, 3.63) is 137 Å². The molecule has 0 saturated heterocycles. The summed E-state index contributed by atoms with van der Waals surface area (Å²) in [5.41, 5.74) is 10.7. The summed E-state index contributed by atoms with van der Waals surface area (Å²) in [6, 6.07) is 32.8. The van der Waals surface area contributed by atoms with E-state index in [4.69, 9.17) is 10.5 Å². The van der Waals surface area contributed by atoms with Crippen molar-refractivity contribution in [2.45, 2.75) is 63.6 Å². The first-order valence-electron chi connectivity index (χ1n) is 19.9. The summed E-state index contributed by atoms with van der Waals surface area (Å²) in [6.07, 6.45) is 5.82. The summed E-state index contributed by atoms with van der Waals surface area (Å²) >= 11 is 0. The topological polar surface area (TPSA) is 172 Å². The highest BCUT2D eigenvalue weighted by atomic mass is 16.5. The zero-order valence-corrected chi connectivity index (χ0v) is 32.3. The molecule has 0 unspecified atom stereocenters. The van der Waals surface area contributed by atoms with E-state index >= 15 is 0 Å². The first-order valence-corrected chi connectivity index (χ1v) is 19.9. The lowest BCUT2D eigenvalue weighted by Gasteiger charge is -2.24. The largest absolute Gasteiger partial charge is 0.482 e. The number of hydrogen-bond acceptors (Lipinski definition) is 7. The minimum Gasteiger partial charge on any atom is -0.482 e. The Balaban J connectivity index is 0.783. The van der Waals surface area contributed by atoms with E-state index in [1.807, 2.05) is 35.2 Å². The van der Waals surface area contributed by atoms with Crippen molar-refractivity contribution in [2.24, 2.45) is 5.73 Å². The fraction of sp³-hybridized carbons (Fsp3) is 0.283. The number of carbonyl (C=O) groups is 5. The van der Waals surface area contributed by atoms with Crippen LogP contribution in [0.4, 0.5) is 11.4 Å². The number of ether oxygens (including phenoxy) is 1. The van der Waals surface area contributed by atoms with E-state index in [-0.39, 0.29) is 42.2 Å². The van der Waals surface area contributed by atoms with Gasteiger partial charge in [0, 0.05) is 48.1 Å². The first-order chi connectivity index (χ1) is 28.2. The number of nitrogens with one attached hydrogen (secondary N) is 4. The lowest BCUT2D eigenvalue weighted by Crippen LogP contribution is -2.42. The summed E-state index contributed by atoms with van der Waals surface area (Å²) in [4.78, 5) is 65.2. The molecular formula is C46H48N6O6. The van der Waals surface area contributed by atoms with Crippen LogP contribution in [0.3, 0.4) is 0 Å². The van der Waals surface area contributed by atoms with Gasteiger partial charge in [0.2, 0.25) is 5.91 Å². The van der Waals surface area contributed by atoms with Gasteiger partial charge in [-0.1, -0.05) is 67.4 Å². The van der Waals surface area contributed by atoms with Gasteiger partial charge < -0.3 is 36.6 Å². The van der Waals surface area contributed by atoms with Crippen LogP contribution < -0.4 is 31.7 Å². The van der Waals surface area contributed by atoms with Gasteiger partial charge in [-0.15, -0.1) is 0 Å². The Morgan fingerprint density at radius 1 is 0.724 bits per heavy atom. The molecule has 1 saturated carbocycles. The zero-order valence-electron chi connectivity index (χ0n) is 32.3. The van der Waals surface area contributed by atoms with Crippen molar-refractivity contribution in [1.82, 2.24) is 15.5 Å². The molecule has 298 valence electrons. The molecule has 5 amide bonds. The van der Waals surface area contributed by atoms with Crippen LogP contribution in [0.5, 0.6) is 5.75 Å². The smallest absolute Gasteiger partial charge is 0.262 e. The number of anilines is 2. The second-order valence-electron chi connectivity index (χ2n) is 14.9. The Hall–Kier alpha value is -6.53. The Bertz CT molecular complexity index is 2290. The van der Waals surface area contributed by atoms with Gasteiger partial charge in [-0.25, -0.2) is 0 Å². The summed E-state index contributed by atoms with van der Waals surface area (Å²) in [6.45, 7) is 1.41. The van der Waals surface area contributed by atoms with Crippen LogP contribution in [0.25, 0.3) is 10.8 Å². The number of nitrogens with two attached hydrogens (primary N) is 1. The van der Waals surface area contributed by atoms with Crippen molar-refractivity contribution >= 4 is 51.7 Å². The normalized spacial score (nSPS) is 13.7. The molecule has 0 radical (unpaired) electrons. The molecule has 1 heterocycles. The van der Waals surface area contributed by atoms with E-state index in [9.17, 15) is 24.0 Å². The fourth-order valence-electron chi connectivity index (χ4n) is 6.96. The van der Waals surface area contributed by atoms with Gasteiger partial charge in [-0.05, 0) is 109 Å². The van der Waals surface area contributed by atoms with Crippen LogP contribution in [0.2, 0.25) is 0 Å². The number of fused-ring (bicyclic) bond motifs is 2. The van der Waals surface area contributed by atoms with Crippen LogP contribution in [0, 0.1) is 0 Å². The Labute approximate surface area is 337 Å². The van der Waals surface area contributed by atoms with Crippen molar-refractivity contribution in [1.29, 1.82) is 0 Å². The summed E-state index contributed by atoms with van der Waals surface area (Å²) in [5.74, 6) is -0.496. The molecule has 5 aromatic rings. The maximum atomic E-state index is 13.5. The molecule has 12 nitrogen and oxygen atoms in total. The number of amides is 5. The Kier molecular flexibility index (Phi) is 12.7. The van der Waals surface area contributed by atoms with Gasteiger partial charge in [-0.2, -0.15) is 0 Å². The summed E-state index contributed by atoms with van der Waals surface area (Å²) in [5, 5.41) is 13.8. The van der Waals surface area contributed by atoms with E-state index in [1.54, 1.807) is 54.6 Å². The van der Waals surface area contributed by atoms with Gasteiger partial charge in [0.15, 0.2) is 6.61 Å². The molecule has 6 N–H and O–H groups in total. The molecule has 1 aliphatic carbocycles. The molecule has 1 fully saturated rings. The van der Waals surface area contributed by atoms with Crippen LogP contribution in [0.15, 0.2) is 109 Å². The monoisotopic (exact) mass is 780 g/mol. The third-order valence-electron chi connectivity index (χ3n) is 10.4. The van der Waals surface area contributed by atoms with E-state index in [1.165, 1.54) is 0 Å². The SMILES string of the molecule is N[C@@H](Cc1ccc2ccccc2c1)C(=O)NCCCCCCNC(=O)c1ccc(NC(=O)c2ccc(CN(C(=O)c3ccc4c(c3)OCC(=O)N4)C3CC3)cc2)cc1. The molecule has 0 spiro atoms. The van der Waals surface area contributed by atoms with Crippen molar-refractivity contribution in [2.75, 3.05) is 30.3 Å².